The van der Waals surface area contributed by atoms with Crippen LogP contribution in [0.5, 0.6) is 5.75 Å². The van der Waals surface area contributed by atoms with E-state index >= 15 is 0 Å². The van der Waals surface area contributed by atoms with Gasteiger partial charge in [0, 0.05) is 50.5 Å². The van der Waals surface area contributed by atoms with Crippen LogP contribution in [0.2, 0.25) is 0 Å². The Hall–Kier alpha value is -3.49. The fourth-order valence-corrected chi connectivity index (χ4v) is 2.49. The monoisotopic (exact) mass is 354 g/mol. The van der Waals surface area contributed by atoms with Crippen molar-refractivity contribution in [2.75, 3.05) is 7.11 Å². The highest BCUT2D eigenvalue weighted by Crippen LogP contribution is 2.19. The van der Waals surface area contributed by atoms with Crippen LogP contribution in [0.15, 0.2) is 41.8 Å². The molecule has 1 amide bonds. The average molecular weight is 354 g/mol. The van der Waals surface area contributed by atoms with Gasteiger partial charge < -0.3 is 14.6 Å². The number of amides is 1. The van der Waals surface area contributed by atoms with E-state index in [-0.39, 0.29) is 29.3 Å². The molecule has 0 atom stereocenters. The van der Waals surface area contributed by atoms with E-state index in [2.05, 4.69) is 20.4 Å². The largest absolute Gasteiger partial charge is 0.496 e. The van der Waals surface area contributed by atoms with Gasteiger partial charge in [-0.05, 0) is 0 Å². The zero-order chi connectivity index (χ0) is 18.7. The highest BCUT2D eigenvalue weighted by molar-refractivity contribution is 5.96. The zero-order valence-electron chi connectivity index (χ0n) is 14.6. The van der Waals surface area contributed by atoms with Crippen LogP contribution in [-0.4, -0.2) is 37.3 Å². The Labute approximate surface area is 149 Å². The lowest BCUT2D eigenvalue weighted by Gasteiger charge is -2.11. The van der Waals surface area contributed by atoms with Crippen LogP contribution >= 0.6 is 0 Å². The fraction of sp³-hybridized carbons (Fsp3) is 0.235. The molecule has 9 nitrogen and oxygen atoms in total. The van der Waals surface area contributed by atoms with Crippen LogP contribution in [0.1, 0.15) is 16.1 Å². The van der Waals surface area contributed by atoms with E-state index < -0.39 is 0 Å². The molecule has 0 unspecified atom stereocenters. The molecular formula is C17H18N6O3. The van der Waals surface area contributed by atoms with Crippen molar-refractivity contribution in [3.05, 3.63) is 58.7 Å². The molecule has 0 aromatic carbocycles. The van der Waals surface area contributed by atoms with Gasteiger partial charge >= 0.3 is 0 Å². The van der Waals surface area contributed by atoms with Crippen LogP contribution in [0.25, 0.3) is 11.3 Å². The van der Waals surface area contributed by atoms with Crippen molar-refractivity contribution in [2.24, 2.45) is 14.1 Å². The number of rotatable bonds is 5. The van der Waals surface area contributed by atoms with Gasteiger partial charge in [-0.15, -0.1) is 0 Å². The van der Waals surface area contributed by atoms with Gasteiger partial charge in [-0.1, -0.05) is 0 Å². The first kappa shape index (κ1) is 17.3. The summed E-state index contributed by atoms with van der Waals surface area (Å²) in [6.07, 6.45) is 8.10. The van der Waals surface area contributed by atoms with E-state index in [9.17, 15) is 9.59 Å². The Morgan fingerprint density at radius 2 is 2.00 bits per heavy atom. The number of ether oxygens (including phenoxy) is 1. The first-order valence-electron chi connectivity index (χ1n) is 7.81. The summed E-state index contributed by atoms with van der Waals surface area (Å²) in [6, 6.07) is 1.28. The topological polar surface area (TPSA) is 104 Å². The third-order valence-electron chi connectivity index (χ3n) is 3.82. The van der Waals surface area contributed by atoms with E-state index in [0.717, 1.165) is 5.56 Å². The Kier molecular flexibility index (Phi) is 4.78. The molecule has 0 fully saturated rings. The molecule has 26 heavy (non-hydrogen) atoms. The Morgan fingerprint density at radius 3 is 2.69 bits per heavy atom. The normalized spacial score (nSPS) is 10.6. The van der Waals surface area contributed by atoms with E-state index in [4.69, 9.17) is 4.74 Å². The maximum absolute atomic E-state index is 12.5. The van der Waals surface area contributed by atoms with Gasteiger partial charge in [0.1, 0.15) is 5.75 Å². The summed E-state index contributed by atoms with van der Waals surface area (Å²) in [4.78, 5) is 32.9. The van der Waals surface area contributed by atoms with Crippen molar-refractivity contribution in [2.45, 2.75) is 6.54 Å². The van der Waals surface area contributed by atoms with Crippen LogP contribution in [0.4, 0.5) is 0 Å². The molecule has 134 valence electrons. The van der Waals surface area contributed by atoms with Gasteiger partial charge in [0.25, 0.3) is 11.5 Å². The van der Waals surface area contributed by atoms with E-state index in [1.54, 1.807) is 30.3 Å². The molecule has 1 N–H and O–H groups in total. The molecule has 0 saturated carbocycles. The molecule has 0 bridgehead atoms. The summed E-state index contributed by atoms with van der Waals surface area (Å²) >= 11 is 0. The van der Waals surface area contributed by atoms with Crippen LogP contribution in [0, 0.1) is 0 Å². The highest BCUT2D eigenvalue weighted by atomic mass is 16.5. The Morgan fingerprint density at radius 1 is 1.23 bits per heavy atom. The molecule has 3 rings (SSSR count). The molecule has 3 heterocycles. The second-order valence-electron chi connectivity index (χ2n) is 5.64. The van der Waals surface area contributed by atoms with Gasteiger partial charge in [0.2, 0.25) is 0 Å². The first-order valence-corrected chi connectivity index (χ1v) is 7.81. The molecule has 0 aliphatic rings. The third kappa shape index (κ3) is 3.46. The minimum absolute atomic E-state index is 0.170. The minimum Gasteiger partial charge on any atom is -0.496 e. The molecule has 0 aliphatic carbocycles. The number of aromatic nitrogens is 5. The number of pyridine rings is 1. The Balaban J connectivity index is 1.83. The number of hydrogen-bond donors (Lipinski definition) is 1. The summed E-state index contributed by atoms with van der Waals surface area (Å²) in [5, 5.41) is 6.92. The minimum atomic E-state index is -0.375. The smallest absolute Gasteiger partial charge is 0.256 e. The number of methoxy groups -OCH3 is 1. The molecular weight excluding hydrogens is 336 g/mol. The molecule has 0 saturated heterocycles. The summed E-state index contributed by atoms with van der Waals surface area (Å²) in [7, 11) is 4.80. The maximum Gasteiger partial charge on any atom is 0.256 e. The second kappa shape index (κ2) is 7.18. The number of nitrogens with zero attached hydrogens (tertiary/aromatic N) is 5. The molecule has 3 aromatic heterocycles. The van der Waals surface area contributed by atoms with E-state index in [1.165, 1.54) is 23.9 Å². The Bertz CT molecular complexity index is 1010. The van der Waals surface area contributed by atoms with Crippen LogP contribution in [-0.2, 0) is 20.6 Å². The summed E-state index contributed by atoms with van der Waals surface area (Å²) in [5.41, 5.74) is 2.07. The number of hydrogen-bond acceptors (Lipinski definition) is 6. The lowest BCUT2D eigenvalue weighted by molar-refractivity contribution is 0.0946. The van der Waals surface area contributed by atoms with Gasteiger partial charge in [-0.25, -0.2) is 0 Å². The third-order valence-corrected chi connectivity index (χ3v) is 3.82. The van der Waals surface area contributed by atoms with Crippen molar-refractivity contribution < 1.29 is 9.53 Å². The quantitative estimate of drug-likeness (QED) is 0.716. The maximum atomic E-state index is 12.5. The van der Waals surface area contributed by atoms with Crippen molar-refractivity contribution in [3.8, 4) is 17.0 Å². The number of nitrogens with one attached hydrogen (secondary N) is 1. The van der Waals surface area contributed by atoms with Crippen LogP contribution in [0.3, 0.4) is 0 Å². The number of carbonyl (C=O) groups excluding carboxylic acids is 1. The van der Waals surface area contributed by atoms with Crippen molar-refractivity contribution >= 4 is 5.91 Å². The predicted molar refractivity (Wildman–Crippen MR) is 93.6 cm³/mol. The standard InChI is InChI=1S/C17H18N6O3/c1-22-10-12(14(26-3)6-15(22)24)17(25)20-8-13-16(19-5-4-18-13)11-7-21-23(2)9-11/h4-7,9-10H,8H2,1-3H3,(H,20,25). The van der Waals surface area contributed by atoms with Crippen molar-refractivity contribution in [1.29, 1.82) is 0 Å². The molecule has 3 aromatic rings. The first-order chi connectivity index (χ1) is 12.5. The summed E-state index contributed by atoms with van der Waals surface area (Å²) < 4.78 is 8.13. The SMILES string of the molecule is COc1cc(=O)n(C)cc1C(=O)NCc1nccnc1-c1cnn(C)c1. The summed E-state index contributed by atoms with van der Waals surface area (Å²) in [6.45, 7) is 0.170. The van der Waals surface area contributed by atoms with Gasteiger partial charge in [0.05, 0.1) is 36.8 Å². The lowest BCUT2D eigenvalue weighted by Crippen LogP contribution is -2.27. The predicted octanol–water partition coefficient (Wildman–Crippen LogP) is 0.514. The van der Waals surface area contributed by atoms with E-state index in [1.807, 2.05) is 13.2 Å². The molecule has 0 spiro atoms. The summed E-state index contributed by atoms with van der Waals surface area (Å²) in [5.74, 6) is -0.155. The van der Waals surface area contributed by atoms with Gasteiger partial charge in [0.15, 0.2) is 0 Å². The van der Waals surface area contributed by atoms with Gasteiger partial charge in [-0.2, -0.15) is 5.10 Å². The molecule has 0 aliphatic heterocycles. The molecule has 0 radical (unpaired) electrons. The van der Waals surface area contributed by atoms with Gasteiger partial charge in [-0.3, -0.25) is 24.2 Å². The van der Waals surface area contributed by atoms with Crippen molar-refractivity contribution in [3.63, 3.8) is 0 Å². The second-order valence-corrected chi connectivity index (χ2v) is 5.64. The zero-order valence-corrected chi connectivity index (χ0v) is 14.6. The highest BCUT2D eigenvalue weighted by Gasteiger charge is 2.16. The van der Waals surface area contributed by atoms with Crippen LogP contribution < -0.4 is 15.6 Å². The number of aryl methyl sites for hydroxylation is 2. The average Bonchev–Trinajstić information content (AvgIpc) is 3.08. The van der Waals surface area contributed by atoms with Crippen molar-refractivity contribution in [1.82, 2.24) is 29.6 Å². The van der Waals surface area contributed by atoms with E-state index in [0.29, 0.717) is 11.4 Å². The number of carbonyl (C=O) groups is 1. The fourth-order valence-electron chi connectivity index (χ4n) is 2.49. The lowest BCUT2D eigenvalue weighted by atomic mass is 10.2. The molecule has 9 heteroatoms.